The maximum Gasteiger partial charge on any atom is 0.140 e. The lowest BCUT2D eigenvalue weighted by Crippen LogP contribution is -2.24. The monoisotopic (exact) mass is 376 g/mol. The number of thiophene rings is 1. The normalized spacial score (nSPS) is 20.1. The van der Waals surface area contributed by atoms with Crippen LogP contribution in [0.25, 0.3) is 21.0 Å². The van der Waals surface area contributed by atoms with Crippen molar-refractivity contribution in [3.05, 3.63) is 44.2 Å². The van der Waals surface area contributed by atoms with Gasteiger partial charge in [-0.1, -0.05) is 30.1 Å². The second-order valence-corrected chi connectivity index (χ2v) is 8.27. The van der Waals surface area contributed by atoms with E-state index in [1.54, 1.807) is 0 Å². The van der Waals surface area contributed by atoms with Gasteiger partial charge in [0.05, 0.1) is 33.3 Å². The summed E-state index contributed by atoms with van der Waals surface area (Å²) in [5.41, 5.74) is 11.2. The van der Waals surface area contributed by atoms with Crippen LogP contribution in [0.1, 0.15) is 43.9 Å². The van der Waals surface area contributed by atoms with Crippen LogP contribution in [0, 0.1) is 12.8 Å². The van der Waals surface area contributed by atoms with Crippen molar-refractivity contribution in [2.75, 3.05) is 0 Å². The molecule has 2 aromatic heterocycles. The Morgan fingerprint density at radius 1 is 1.44 bits per heavy atom. The molecular weight excluding hydrogens is 356 g/mol. The van der Waals surface area contributed by atoms with E-state index in [0.717, 1.165) is 46.3 Å². The average molecular weight is 377 g/mol. The third-order valence-electron chi connectivity index (χ3n) is 4.54. The van der Waals surface area contributed by atoms with Gasteiger partial charge in [-0.25, -0.2) is 4.98 Å². The fourth-order valence-electron chi connectivity index (χ4n) is 3.30. The number of hydrogen-bond donors (Lipinski definition) is 0. The average Bonchev–Trinajstić information content (AvgIpc) is 2.95. The molecule has 0 saturated heterocycles. The zero-order valence-electron chi connectivity index (χ0n) is 14.4. The van der Waals surface area contributed by atoms with E-state index >= 15 is 0 Å². The van der Waals surface area contributed by atoms with Crippen LogP contribution in [-0.4, -0.2) is 11.1 Å². The van der Waals surface area contributed by atoms with Gasteiger partial charge in [0.1, 0.15) is 5.75 Å². The van der Waals surface area contributed by atoms with Crippen molar-refractivity contribution in [1.29, 1.82) is 0 Å². The van der Waals surface area contributed by atoms with E-state index in [1.807, 2.05) is 25.1 Å². The fourth-order valence-corrected chi connectivity index (χ4v) is 4.53. The van der Waals surface area contributed by atoms with E-state index < -0.39 is 0 Å². The molecule has 1 aliphatic carbocycles. The molecule has 2 aromatic rings. The maximum absolute atomic E-state index is 8.55. The van der Waals surface area contributed by atoms with Crippen LogP contribution in [0.15, 0.2) is 23.3 Å². The Balaban J connectivity index is 1.81. The lowest BCUT2D eigenvalue weighted by molar-refractivity contribution is 0.128. The Hall–Kier alpha value is -1.75. The van der Waals surface area contributed by atoms with E-state index in [-0.39, 0.29) is 12.6 Å². The third kappa shape index (κ3) is 4.46. The summed E-state index contributed by atoms with van der Waals surface area (Å²) in [5, 5.41) is 3.64. The zero-order valence-corrected chi connectivity index (χ0v) is 16.0. The first-order valence-corrected chi connectivity index (χ1v) is 9.70. The van der Waals surface area contributed by atoms with Crippen molar-refractivity contribution >= 4 is 22.9 Å². The van der Waals surface area contributed by atoms with Gasteiger partial charge in [0, 0.05) is 4.91 Å². The minimum Gasteiger partial charge on any atom is -0.489 e. The summed E-state index contributed by atoms with van der Waals surface area (Å²) in [5.74, 6) is 1.57. The van der Waals surface area contributed by atoms with Crippen molar-refractivity contribution in [3.63, 3.8) is 0 Å². The summed E-state index contributed by atoms with van der Waals surface area (Å²) >= 11 is 7.59. The minimum absolute atomic E-state index is 0.272. The largest absolute Gasteiger partial charge is 0.489 e. The van der Waals surface area contributed by atoms with Gasteiger partial charge in [0.25, 0.3) is 0 Å². The summed E-state index contributed by atoms with van der Waals surface area (Å²) in [7, 11) is 0. The van der Waals surface area contributed by atoms with Gasteiger partial charge in [0.15, 0.2) is 0 Å². The van der Waals surface area contributed by atoms with Gasteiger partial charge in [-0.3, -0.25) is 0 Å². The Bertz CT molecular complexity index is 800. The topological polar surface area (TPSA) is 70.9 Å². The molecule has 1 aliphatic rings. The molecule has 2 heterocycles. The molecule has 0 aliphatic heterocycles. The molecule has 5 nitrogen and oxygen atoms in total. The van der Waals surface area contributed by atoms with Crippen molar-refractivity contribution in [2.45, 2.75) is 52.2 Å². The van der Waals surface area contributed by atoms with Gasteiger partial charge in [-0.15, -0.1) is 11.3 Å². The molecule has 0 unspecified atom stereocenters. The molecule has 0 spiro atoms. The third-order valence-corrected chi connectivity index (χ3v) is 5.86. The predicted molar refractivity (Wildman–Crippen MR) is 102 cm³/mol. The molecule has 1 fully saturated rings. The SMILES string of the molecule is Cc1nc(-c2sc(Cl)cc2CN=[N+]=[N-])ccc1O[C@H]1CCC[C@H](C)C1. The molecule has 132 valence electrons. The minimum atomic E-state index is 0.272. The molecule has 0 aromatic carbocycles. The van der Waals surface area contributed by atoms with E-state index in [0.29, 0.717) is 4.34 Å². The van der Waals surface area contributed by atoms with E-state index in [1.165, 1.54) is 24.2 Å². The molecule has 0 N–H and O–H groups in total. The zero-order chi connectivity index (χ0) is 17.8. The number of rotatable bonds is 5. The Kier molecular flexibility index (Phi) is 5.84. The van der Waals surface area contributed by atoms with Crippen molar-refractivity contribution < 1.29 is 4.74 Å². The second kappa shape index (κ2) is 8.09. The van der Waals surface area contributed by atoms with Gasteiger partial charge in [0.2, 0.25) is 0 Å². The number of aromatic nitrogens is 1. The molecule has 25 heavy (non-hydrogen) atoms. The number of halogens is 1. The quantitative estimate of drug-likeness (QED) is 0.337. The van der Waals surface area contributed by atoms with Crippen LogP contribution in [0.4, 0.5) is 0 Å². The van der Waals surface area contributed by atoms with Gasteiger partial charge in [-0.2, -0.15) is 0 Å². The molecular formula is C18H21ClN4OS. The number of pyridine rings is 1. The first-order valence-electron chi connectivity index (χ1n) is 8.50. The smallest absolute Gasteiger partial charge is 0.140 e. The number of nitrogens with zero attached hydrogens (tertiary/aromatic N) is 4. The Morgan fingerprint density at radius 3 is 3.00 bits per heavy atom. The fraction of sp³-hybridized carbons (Fsp3) is 0.500. The molecule has 7 heteroatoms. The Morgan fingerprint density at radius 2 is 2.28 bits per heavy atom. The highest BCUT2D eigenvalue weighted by Crippen LogP contribution is 2.36. The van der Waals surface area contributed by atoms with Crippen LogP contribution in [0.5, 0.6) is 5.75 Å². The maximum atomic E-state index is 8.55. The number of hydrogen-bond acceptors (Lipinski definition) is 4. The highest BCUT2D eigenvalue weighted by Gasteiger charge is 2.21. The highest BCUT2D eigenvalue weighted by atomic mass is 35.5. The number of azide groups is 1. The van der Waals surface area contributed by atoms with Crippen molar-refractivity contribution in [2.24, 2.45) is 11.0 Å². The lowest BCUT2D eigenvalue weighted by atomic mass is 9.89. The van der Waals surface area contributed by atoms with Crippen molar-refractivity contribution in [3.8, 4) is 16.3 Å². The van der Waals surface area contributed by atoms with E-state index in [9.17, 15) is 0 Å². The Labute approximate surface area is 156 Å². The standard InChI is InChI=1S/C18H21ClN4OS/c1-11-4-3-5-14(8-11)24-16-7-6-15(22-12(16)2)18-13(10-21-23-20)9-17(19)25-18/h6-7,9,11,14H,3-5,8,10H2,1-2H3/t11-,14-/m0/s1. The van der Waals surface area contributed by atoms with Crippen LogP contribution < -0.4 is 4.74 Å². The summed E-state index contributed by atoms with van der Waals surface area (Å²) in [6.07, 6.45) is 5.03. The van der Waals surface area contributed by atoms with Crippen LogP contribution >= 0.6 is 22.9 Å². The predicted octanol–water partition coefficient (Wildman–Crippen LogP) is 6.54. The summed E-state index contributed by atoms with van der Waals surface area (Å²) in [6.45, 7) is 4.52. The van der Waals surface area contributed by atoms with Crippen LogP contribution in [0.3, 0.4) is 0 Å². The molecule has 0 radical (unpaired) electrons. The van der Waals surface area contributed by atoms with Crippen LogP contribution in [0.2, 0.25) is 4.34 Å². The number of aryl methyl sites for hydroxylation is 1. The summed E-state index contributed by atoms with van der Waals surface area (Å²) in [6, 6.07) is 5.78. The summed E-state index contributed by atoms with van der Waals surface area (Å²) < 4.78 is 6.86. The number of ether oxygens (including phenoxy) is 1. The lowest BCUT2D eigenvalue weighted by Gasteiger charge is -2.27. The second-order valence-electron chi connectivity index (χ2n) is 6.59. The van der Waals surface area contributed by atoms with Crippen molar-refractivity contribution in [1.82, 2.24) is 4.98 Å². The van der Waals surface area contributed by atoms with Gasteiger partial charge < -0.3 is 4.74 Å². The first kappa shape index (κ1) is 18.1. The first-order chi connectivity index (χ1) is 12.1. The molecule has 1 saturated carbocycles. The van der Waals surface area contributed by atoms with Gasteiger partial charge in [-0.05, 0) is 61.4 Å². The highest BCUT2D eigenvalue weighted by molar-refractivity contribution is 7.19. The summed E-state index contributed by atoms with van der Waals surface area (Å²) in [4.78, 5) is 8.47. The van der Waals surface area contributed by atoms with Crippen LogP contribution in [-0.2, 0) is 6.54 Å². The molecule has 0 amide bonds. The molecule has 2 atom stereocenters. The van der Waals surface area contributed by atoms with E-state index in [4.69, 9.17) is 26.9 Å². The molecule has 0 bridgehead atoms. The van der Waals surface area contributed by atoms with Gasteiger partial charge >= 0.3 is 0 Å². The molecule has 3 rings (SSSR count). The van der Waals surface area contributed by atoms with E-state index in [2.05, 4.69) is 16.9 Å².